The van der Waals surface area contributed by atoms with E-state index >= 15 is 0 Å². The van der Waals surface area contributed by atoms with Gasteiger partial charge in [-0.3, -0.25) is 9.59 Å². The Morgan fingerprint density at radius 2 is 1.93 bits per heavy atom. The molecule has 1 heterocycles. The molecule has 154 valence electrons. The summed E-state index contributed by atoms with van der Waals surface area (Å²) in [6.45, 7) is -0.0716. The summed E-state index contributed by atoms with van der Waals surface area (Å²) in [6, 6.07) is 18.2. The van der Waals surface area contributed by atoms with E-state index in [1.807, 2.05) is 54.8 Å². The number of aromatic nitrogens is 1. The number of thioether (sulfide) groups is 1. The number of anilines is 1. The molecular weight excluding hydrogens is 466 g/mol. The smallest absolute Gasteiger partial charge is 0.255 e. The van der Waals surface area contributed by atoms with Crippen LogP contribution in [-0.2, 0) is 4.79 Å². The van der Waals surface area contributed by atoms with Gasteiger partial charge in [0.1, 0.15) is 5.75 Å². The first-order valence-corrected chi connectivity index (χ1v) is 11.1. The number of carbonyl (C=O) groups excluding carboxylic acids is 2. The number of nitrogens with zero attached hydrogens (tertiary/aromatic N) is 2. The number of benzene rings is 2. The largest absolute Gasteiger partial charge is 0.439 e. The third kappa shape index (κ3) is 5.84. The number of pyridine rings is 1. The number of ether oxygens (including phenoxy) is 1. The maximum absolute atomic E-state index is 12.6. The Morgan fingerprint density at radius 1 is 1.13 bits per heavy atom. The lowest BCUT2D eigenvalue weighted by Gasteiger charge is -2.17. The molecule has 0 spiro atoms. The maximum Gasteiger partial charge on any atom is 0.255 e. The number of halogens is 1. The lowest BCUT2D eigenvalue weighted by molar-refractivity contribution is -0.116. The molecule has 3 rings (SSSR count). The predicted molar refractivity (Wildman–Crippen MR) is 122 cm³/mol. The van der Waals surface area contributed by atoms with E-state index < -0.39 is 0 Å². The average Bonchev–Trinajstić information content (AvgIpc) is 2.74. The molecule has 0 bridgehead atoms. The van der Waals surface area contributed by atoms with Crippen molar-refractivity contribution in [3.63, 3.8) is 0 Å². The van der Waals surface area contributed by atoms with Gasteiger partial charge in [-0.25, -0.2) is 4.98 Å². The van der Waals surface area contributed by atoms with Crippen molar-refractivity contribution in [1.29, 1.82) is 0 Å². The summed E-state index contributed by atoms with van der Waals surface area (Å²) in [7, 11) is 1.58. The van der Waals surface area contributed by atoms with Crippen molar-refractivity contribution in [3.8, 4) is 11.6 Å². The van der Waals surface area contributed by atoms with Crippen LogP contribution in [0.1, 0.15) is 10.4 Å². The van der Waals surface area contributed by atoms with E-state index in [1.54, 1.807) is 30.9 Å². The number of amides is 2. The van der Waals surface area contributed by atoms with Gasteiger partial charge in [-0.2, -0.15) is 0 Å². The van der Waals surface area contributed by atoms with E-state index in [4.69, 9.17) is 4.74 Å². The molecular formula is C22H20BrN3O3S. The number of carbonyl (C=O) groups is 2. The van der Waals surface area contributed by atoms with Gasteiger partial charge in [0.2, 0.25) is 11.8 Å². The highest BCUT2D eigenvalue weighted by Gasteiger charge is 2.16. The maximum atomic E-state index is 12.6. The molecule has 0 unspecified atom stereocenters. The number of para-hydroxylation sites is 1. The molecule has 1 aromatic heterocycles. The van der Waals surface area contributed by atoms with Crippen LogP contribution in [0.5, 0.6) is 11.6 Å². The highest BCUT2D eigenvalue weighted by molar-refractivity contribution is 9.10. The van der Waals surface area contributed by atoms with Gasteiger partial charge in [0.05, 0.1) is 17.8 Å². The summed E-state index contributed by atoms with van der Waals surface area (Å²) in [5.41, 5.74) is 1.10. The zero-order valence-corrected chi connectivity index (χ0v) is 18.9. The highest BCUT2D eigenvalue weighted by Crippen LogP contribution is 2.25. The molecule has 0 radical (unpaired) electrons. The second-order valence-electron chi connectivity index (χ2n) is 6.35. The van der Waals surface area contributed by atoms with Gasteiger partial charge in [-0.05, 0) is 42.7 Å². The zero-order chi connectivity index (χ0) is 21.5. The van der Waals surface area contributed by atoms with Crippen LogP contribution in [0.3, 0.4) is 0 Å². The fourth-order valence-corrected chi connectivity index (χ4v) is 3.60. The Labute approximate surface area is 187 Å². The van der Waals surface area contributed by atoms with Gasteiger partial charge < -0.3 is 15.0 Å². The van der Waals surface area contributed by atoms with Crippen LogP contribution in [0.15, 0.2) is 76.2 Å². The molecule has 0 saturated carbocycles. The van der Waals surface area contributed by atoms with Gasteiger partial charge in [-0.15, -0.1) is 11.8 Å². The van der Waals surface area contributed by atoms with E-state index in [9.17, 15) is 9.59 Å². The third-order valence-corrected chi connectivity index (χ3v) is 5.40. The van der Waals surface area contributed by atoms with E-state index in [0.717, 1.165) is 15.1 Å². The number of rotatable bonds is 7. The van der Waals surface area contributed by atoms with Crippen LogP contribution >= 0.6 is 27.7 Å². The number of hydrogen-bond acceptors (Lipinski definition) is 5. The van der Waals surface area contributed by atoms with Crippen LogP contribution in [0, 0.1) is 0 Å². The van der Waals surface area contributed by atoms with Crippen molar-refractivity contribution in [1.82, 2.24) is 9.88 Å². The number of nitrogens with one attached hydrogen (secondary N) is 1. The number of likely N-dealkylation sites (N-methyl/N-ethyl adjacent to an activating group) is 1. The first-order valence-electron chi connectivity index (χ1n) is 9.04. The van der Waals surface area contributed by atoms with Gasteiger partial charge in [0.15, 0.2) is 0 Å². The van der Waals surface area contributed by atoms with Crippen molar-refractivity contribution in [2.45, 2.75) is 4.90 Å². The van der Waals surface area contributed by atoms with Crippen molar-refractivity contribution in [2.75, 3.05) is 25.2 Å². The topological polar surface area (TPSA) is 71.5 Å². The predicted octanol–water partition coefficient (Wildman–Crippen LogP) is 5.07. The van der Waals surface area contributed by atoms with Crippen LogP contribution in [0.25, 0.3) is 0 Å². The third-order valence-electron chi connectivity index (χ3n) is 4.11. The van der Waals surface area contributed by atoms with Crippen molar-refractivity contribution in [3.05, 3.63) is 76.9 Å². The molecule has 0 aliphatic heterocycles. The normalized spacial score (nSPS) is 10.4. The minimum absolute atomic E-state index is 0.0716. The van der Waals surface area contributed by atoms with E-state index in [1.165, 1.54) is 11.1 Å². The summed E-state index contributed by atoms with van der Waals surface area (Å²) in [6.07, 6.45) is 3.38. The Bertz CT molecular complexity index is 1040. The minimum atomic E-state index is -0.301. The standard InChI is InChI=1S/C22H20BrN3O3S/c1-26(14-20(27)25-18-8-3-4-9-19(18)30-2)22(28)15-10-11-21(24-13-15)29-17-7-5-6-16(23)12-17/h3-13H,14H2,1-2H3,(H,25,27). The lowest BCUT2D eigenvalue weighted by Crippen LogP contribution is -2.35. The Morgan fingerprint density at radius 3 is 2.63 bits per heavy atom. The molecule has 8 heteroatoms. The van der Waals surface area contributed by atoms with Crippen LogP contribution in [-0.4, -0.2) is 41.5 Å². The minimum Gasteiger partial charge on any atom is -0.439 e. The molecule has 1 N–H and O–H groups in total. The van der Waals surface area contributed by atoms with E-state index in [-0.39, 0.29) is 18.4 Å². The summed E-state index contributed by atoms with van der Waals surface area (Å²) >= 11 is 4.93. The summed E-state index contributed by atoms with van der Waals surface area (Å²) < 4.78 is 6.57. The average molecular weight is 486 g/mol. The fourth-order valence-electron chi connectivity index (χ4n) is 2.66. The van der Waals surface area contributed by atoms with Crippen molar-refractivity contribution < 1.29 is 14.3 Å². The molecule has 2 aromatic carbocycles. The van der Waals surface area contributed by atoms with Gasteiger partial charge >= 0.3 is 0 Å². The van der Waals surface area contributed by atoms with Crippen LogP contribution < -0.4 is 10.1 Å². The molecule has 2 amide bonds. The van der Waals surface area contributed by atoms with Gasteiger partial charge in [-0.1, -0.05) is 34.1 Å². The fraction of sp³-hybridized carbons (Fsp3) is 0.136. The van der Waals surface area contributed by atoms with Crippen molar-refractivity contribution in [2.24, 2.45) is 0 Å². The first kappa shape index (κ1) is 21.9. The molecule has 3 aromatic rings. The van der Waals surface area contributed by atoms with E-state index in [2.05, 4.69) is 26.2 Å². The number of hydrogen-bond donors (Lipinski definition) is 1. The van der Waals surface area contributed by atoms with Crippen LogP contribution in [0.4, 0.5) is 5.69 Å². The summed E-state index contributed by atoms with van der Waals surface area (Å²) in [5, 5.41) is 2.85. The monoisotopic (exact) mass is 485 g/mol. The lowest BCUT2D eigenvalue weighted by atomic mass is 10.2. The molecule has 30 heavy (non-hydrogen) atoms. The van der Waals surface area contributed by atoms with Crippen LogP contribution in [0.2, 0.25) is 0 Å². The summed E-state index contributed by atoms with van der Waals surface area (Å²) in [5.74, 6) is 0.439. The molecule has 0 aliphatic rings. The molecule has 0 atom stereocenters. The van der Waals surface area contributed by atoms with E-state index in [0.29, 0.717) is 17.2 Å². The second kappa shape index (κ2) is 10.3. The molecule has 0 aliphatic carbocycles. The summed E-state index contributed by atoms with van der Waals surface area (Å²) in [4.78, 5) is 31.5. The molecule has 6 nitrogen and oxygen atoms in total. The Balaban J connectivity index is 1.59. The SMILES string of the molecule is CSc1ccccc1NC(=O)CN(C)C(=O)c1ccc(Oc2cccc(Br)c2)nc1. The quantitative estimate of drug-likeness (QED) is 0.473. The highest BCUT2D eigenvalue weighted by atomic mass is 79.9. The Hall–Kier alpha value is -2.84. The first-order chi connectivity index (χ1) is 14.5. The van der Waals surface area contributed by atoms with Gasteiger partial charge in [0, 0.05) is 28.7 Å². The molecule has 0 fully saturated rings. The van der Waals surface area contributed by atoms with Gasteiger partial charge in [0.25, 0.3) is 5.91 Å². The second-order valence-corrected chi connectivity index (χ2v) is 8.12. The molecule has 0 saturated heterocycles. The van der Waals surface area contributed by atoms with Crippen molar-refractivity contribution >= 4 is 45.2 Å². The zero-order valence-electron chi connectivity index (χ0n) is 16.5. The Kier molecular flexibility index (Phi) is 7.48.